The molecular weight excluding hydrogens is 821 g/mol. The predicted molar refractivity (Wildman–Crippen MR) is 250 cm³/mol. The number of hydrogen-bond acceptors (Lipinski definition) is 9. The molecule has 5 aromatic rings. The molecule has 5 atom stereocenters. The predicted octanol–water partition coefficient (Wildman–Crippen LogP) is 8.93. The van der Waals surface area contributed by atoms with Crippen LogP contribution in [-0.2, 0) is 26.1 Å². The van der Waals surface area contributed by atoms with Crippen molar-refractivity contribution >= 4 is 29.1 Å². The number of carbonyl (C=O) groups is 3. The van der Waals surface area contributed by atoms with E-state index in [2.05, 4.69) is 80.1 Å². The zero-order valence-corrected chi connectivity index (χ0v) is 38.6. The Hall–Kier alpha value is -5.73. The highest BCUT2D eigenvalue weighted by Crippen LogP contribution is 2.55. The van der Waals surface area contributed by atoms with Crippen LogP contribution in [0, 0.1) is 11.8 Å². The Balaban J connectivity index is 0.972. The summed E-state index contributed by atoms with van der Waals surface area (Å²) in [6, 6.07) is 18.5. The van der Waals surface area contributed by atoms with Gasteiger partial charge in [-0.2, -0.15) is 0 Å². The highest BCUT2D eigenvalue weighted by atomic mass is 16.5. The first kappa shape index (κ1) is 44.5. The van der Waals surface area contributed by atoms with Gasteiger partial charge >= 0.3 is 12.2 Å². The lowest BCUT2D eigenvalue weighted by molar-refractivity contribution is -0.135. The number of nitrogens with zero attached hydrogens (tertiary/aromatic N) is 4. The van der Waals surface area contributed by atoms with Crippen molar-refractivity contribution in [1.82, 2.24) is 40.4 Å². The van der Waals surface area contributed by atoms with Gasteiger partial charge in [0, 0.05) is 13.1 Å². The van der Waals surface area contributed by atoms with Gasteiger partial charge in [0.2, 0.25) is 5.91 Å². The van der Waals surface area contributed by atoms with Crippen LogP contribution in [0.25, 0.3) is 44.5 Å². The van der Waals surface area contributed by atoms with Gasteiger partial charge < -0.3 is 40.1 Å². The van der Waals surface area contributed by atoms with Crippen LogP contribution >= 0.6 is 0 Å². The summed E-state index contributed by atoms with van der Waals surface area (Å²) in [5, 5.41) is 17.1. The zero-order valence-electron chi connectivity index (χ0n) is 38.6. The maximum Gasteiger partial charge on any atom is 0.407 e. The number of ether oxygens (including phenoxy) is 2. The van der Waals surface area contributed by atoms with Crippen LogP contribution in [0.2, 0.25) is 0 Å². The van der Waals surface area contributed by atoms with E-state index in [1.807, 2.05) is 38.8 Å². The van der Waals surface area contributed by atoms with E-state index in [1.165, 1.54) is 67.7 Å². The molecule has 5 N–H and O–H groups in total. The van der Waals surface area contributed by atoms with E-state index in [1.54, 1.807) is 0 Å². The maximum atomic E-state index is 13.7. The summed E-state index contributed by atoms with van der Waals surface area (Å²) in [7, 11) is 2.64. The van der Waals surface area contributed by atoms with Gasteiger partial charge in [-0.05, 0) is 120 Å². The number of H-pyrrole nitrogens is 2. The second-order valence-electron chi connectivity index (χ2n) is 19.4. The van der Waals surface area contributed by atoms with Crippen LogP contribution < -0.4 is 10.6 Å². The number of rotatable bonds is 12. The number of hydrogen-bond donors (Lipinski definition) is 5. The number of aromatic nitrogens is 4. The SMILES string of the molecule is COC(=O)N[C@@H](C(C)C)C(O)N1CCC[C@H]1c1nc2cc(-c3ccc(-c4ccc(-c5cnc([C@@H]6CCCN6C(=O)[C@@H](NC(=O)OC)C(C)C)[nH]5)cc4)c4c3CCC43CCCC3)ccc2[nH]1. The number of likely N-dealkylation sites (tertiary alicyclic amines) is 2. The van der Waals surface area contributed by atoms with Gasteiger partial charge in [0.25, 0.3) is 0 Å². The third-order valence-electron chi connectivity index (χ3n) is 14.9. The molecule has 344 valence electrons. The first-order chi connectivity index (χ1) is 31.4. The van der Waals surface area contributed by atoms with E-state index in [9.17, 15) is 19.5 Å². The second kappa shape index (κ2) is 18.3. The average Bonchev–Trinajstić information content (AvgIpc) is 4.18. The van der Waals surface area contributed by atoms with E-state index in [0.29, 0.717) is 13.1 Å². The van der Waals surface area contributed by atoms with Gasteiger partial charge in [-0.3, -0.25) is 9.69 Å². The van der Waals surface area contributed by atoms with Crippen molar-refractivity contribution in [2.24, 2.45) is 11.8 Å². The number of methoxy groups -OCH3 is 2. The molecule has 3 fully saturated rings. The summed E-state index contributed by atoms with van der Waals surface area (Å²) in [5.41, 5.74) is 11.9. The summed E-state index contributed by atoms with van der Waals surface area (Å²) >= 11 is 0. The van der Waals surface area contributed by atoms with E-state index in [4.69, 9.17) is 19.4 Å². The van der Waals surface area contributed by atoms with Gasteiger partial charge in [0.05, 0.1) is 55.3 Å². The Morgan fingerprint density at radius 3 is 2.17 bits per heavy atom. The standard InChI is InChI=1S/C51H64N8O6/c1-29(2)43(56-49(62)64-5)47(60)58-25-9-11-40(58)45-52-28-39(55-45)32-15-13-31(14-16-32)35-19-18-34(36-21-24-51(42(35)36)22-7-8-23-51)33-17-20-37-38(27-33)54-46(53-37)41-12-10-26-59(41)48(61)44(30(3)4)57-50(63)65-6/h13-20,27-30,40-41,43-44,48,61H,7-12,21-26H2,1-6H3,(H,52,55)(H,53,54)(H,56,62)(H,57,63)/t40-,41-,43-,44-,48?/m0/s1. The Morgan fingerprint density at radius 2 is 1.45 bits per heavy atom. The van der Waals surface area contributed by atoms with E-state index < -0.39 is 30.5 Å². The monoisotopic (exact) mass is 884 g/mol. The molecule has 9 rings (SSSR count). The number of carbonyl (C=O) groups excluding carboxylic acids is 3. The number of amides is 3. The number of alkyl carbamates (subject to hydrolysis) is 2. The Morgan fingerprint density at radius 1 is 0.769 bits per heavy atom. The van der Waals surface area contributed by atoms with Crippen LogP contribution in [0.15, 0.2) is 60.8 Å². The summed E-state index contributed by atoms with van der Waals surface area (Å²) in [5.74, 6) is 1.35. The fourth-order valence-electron chi connectivity index (χ4n) is 11.5. The van der Waals surface area contributed by atoms with Crippen LogP contribution in [0.4, 0.5) is 9.59 Å². The van der Waals surface area contributed by atoms with Crippen molar-refractivity contribution in [3.05, 3.63) is 83.6 Å². The van der Waals surface area contributed by atoms with Crippen molar-refractivity contribution in [3.8, 4) is 33.5 Å². The minimum atomic E-state index is -0.890. The van der Waals surface area contributed by atoms with Gasteiger partial charge in [-0.1, -0.05) is 83.0 Å². The first-order valence-electron chi connectivity index (χ1n) is 23.6. The van der Waals surface area contributed by atoms with E-state index in [0.717, 1.165) is 78.0 Å². The number of nitrogens with one attached hydrogen (secondary N) is 4. The molecule has 1 unspecified atom stereocenters. The number of aliphatic hydroxyl groups excluding tert-OH is 1. The Labute approximate surface area is 381 Å². The number of aromatic amines is 2. The van der Waals surface area contributed by atoms with E-state index in [-0.39, 0.29) is 35.2 Å². The summed E-state index contributed by atoms with van der Waals surface area (Å²) in [4.78, 5) is 58.9. The molecule has 4 aliphatic rings. The third kappa shape index (κ3) is 8.39. The van der Waals surface area contributed by atoms with Gasteiger partial charge in [0.1, 0.15) is 23.9 Å². The molecule has 2 aliphatic carbocycles. The lowest BCUT2D eigenvalue weighted by atomic mass is 9.76. The molecule has 3 aromatic carbocycles. The smallest absolute Gasteiger partial charge is 0.407 e. The summed E-state index contributed by atoms with van der Waals surface area (Å²) in [6.45, 7) is 9.12. The fraction of sp³-hybridized carbons (Fsp3) is 0.510. The van der Waals surface area contributed by atoms with Gasteiger partial charge in [0.15, 0.2) is 0 Å². The minimum Gasteiger partial charge on any atom is -0.453 e. The lowest BCUT2D eigenvalue weighted by Gasteiger charge is -2.35. The largest absolute Gasteiger partial charge is 0.453 e. The highest BCUT2D eigenvalue weighted by Gasteiger charge is 2.44. The number of imidazole rings is 2. The van der Waals surface area contributed by atoms with E-state index >= 15 is 0 Å². The molecular formula is C51H64N8O6. The number of aliphatic hydroxyl groups is 1. The molecule has 4 heterocycles. The molecule has 2 saturated heterocycles. The molecule has 14 heteroatoms. The average molecular weight is 885 g/mol. The van der Waals surface area contributed by atoms with Crippen molar-refractivity contribution in [2.45, 2.75) is 128 Å². The molecule has 2 aromatic heterocycles. The van der Waals surface area contributed by atoms with Gasteiger partial charge in [-0.15, -0.1) is 0 Å². The Kier molecular flexibility index (Phi) is 12.5. The molecule has 0 radical (unpaired) electrons. The maximum absolute atomic E-state index is 13.7. The van der Waals surface area contributed by atoms with Crippen LogP contribution in [0.5, 0.6) is 0 Å². The topological polar surface area (TPSA) is 178 Å². The first-order valence-corrected chi connectivity index (χ1v) is 23.6. The third-order valence-corrected chi connectivity index (χ3v) is 14.9. The fourth-order valence-corrected chi connectivity index (χ4v) is 11.5. The van der Waals surface area contributed by atoms with Crippen LogP contribution in [0.3, 0.4) is 0 Å². The molecule has 3 amide bonds. The molecule has 0 bridgehead atoms. The van der Waals surface area contributed by atoms with Gasteiger partial charge in [-0.25, -0.2) is 19.6 Å². The number of benzene rings is 3. The van der Waals surface area contributed by atoms with Crippen molar-refractivity contribution in [3.63, 3.8) is 0 Å². The summed E-state index contributed by atoms with van der Waals surface area (Å²) < 4.78 is 9.67. The van der Waals surface area contributed by atoms with Crippen molar-refractivity contribution in [1.29, 1.82) is 0 Å². The molecule has 65 heavy (non-hydrogen) atoms. The van der Waals surface area contributed by atoms with Crippen LogP contribution in [-0.4, -0.2) is 98.6 Å². The number of fused-ring (bicyclic) bond motifs is 3. The molecule has 1 spiro atoms. The normalized spacial score (nSPS) is 20.7. The Bertz CT molecular complexity index is 2540. The molecule has 14 nitrogen and oxygen atoms in total. The quantitative estimate of drug-likeness (QED) is 0.0819. The van der Waals surface area contributed by atoms with Crippen molar-refractivity contribution < 1.29 is 29.0 Å². The molecule has 1 saturated carbocycles. The van der Waals surface area contributed by atoms with Crippen molar-refractivity contribution in [2.75, 3.05) is 27.3 Å². The highest BCUT2D eigenvalue weighted by molar-refractivity contribution is 5.87. The van der Waals surface area contributed by atoms with Crippen LogP contribution in [0.1, 0.15) is 120 Å². The minimum absolute atomic E-state index is 0.00602. The lowest BCUT2D eigenvalue weighted by Crippen LogP contribution is -2.54. The summed E-state index contributed by atoms with van der Waals surface area (Å²) in [6.07, 6.45) is 10.4. The second-order valence-corrected chi connectivity index (χ2v) is 19.4. The zero-order chi connectivity index (χ0) is 45.6. The molecule has 2 aliphatic heterocycles.